The van der Waals surface area contributed by atoms with Gasteiger partial charge in [-0.3, -0.25) is 10.1 Å². The van der Waals surface area contributed by atoms with Crippen LogP contribution >= 0.6 is 0 Å². The van der Waals surface area contributed by atoms with Gasteiger partial charge in [-0.1, -0.05) is 0 Å². The van der Waals surface area contributed by atoms with E-state index >= 15 is 0 Å². The number of hydrogen-bond donors (Lipinski definition) is 1. The monoisotopic (exact) mass is 158 g/mol. The van der Waals surface area contributed by atoms with Gasteiger partial charge in [0, 0.05) is 17.4 Å². The second kappa shape index (κ2) is 3.17. The first-order chi connectivity index (χ1) is 5.11. The molecule has 1 fully saturated rings. The van der Waals surface area contributed by atoms with Crippen LogP contribution in [-0.2, 0) is 0 Å². The van der Waals surface area contributed by atoms with Crippen molar-refractivity contribution in [3.05, 3.63) is 10.1 Å². The molecule has 0 saturated carbocycles. The Hall–Kier alpha value is -0.640. The average Bonchev–Trinajstić information content (AvgIpc) is 1.85. The molecule has 3 unspecified atom stereocenters. The highest BCUT2D eigenvalue weighted by Crippen LogP contribution is 2.15. The third kappa shape index (κ3) is 1.89. The summed E-state index contributed by atoms with van der Waals surface area (Å²) in [7, 11) is 0. The van der Waals surface area contributed by atoms with E-state index in [4.69, 9.17) is 0 Å². The lowest BCUT2D eigenvalue weighted by Crippen LogP contribution is -2.50. The summed E-state index contributed by atoms with van der Waals surface area (Å²) in [6.45, 7) is 3.94. The Balaban J connectivity index is 2.50. The van der Waals surface area contributed by atoms with Crippen LogP contribution in [0.25, 0.3) is 0 Å². The summed E-state index contributed by atoms with van der Waals surface area (Å²) in [6, 6.07) is 0.0705. The summed E-state index contributed by atoms with van der Waals surface area (Å²) < 4.78 is 0. The Bertz CT molecular complexity index is 161. The van der Waals surface area contributed by atoms with E-state index < -0.39 is 0 Å². The largest absolute Gasteiger partial charge is 0.306 e. The van der Waals surface area contributed by atoms with Crippen LogP contribution in [0.15, 0.2) is 0 Å². The van der Waals surface area contributed by atoms with Gasteiger partial charge in [0.1, 0.15) is 0 Å². The molecule has 1 saturated heterocycles. The number of nitrogens with one attached hydrogen (secondary N) is 1. The molecule has 64 valence electrons. The summed E-state index contributed by atoms with van der Waals surface area (Å²) >= 11 is 0. The zero-order chi connectivity index (χ0) is 8.43. The Morgan fingerprint density at radius 1 is 1.45 bits per heavy atom. The predicted molar refractivity (Wildman–Crippen MR) is 42.1 cm³/mol. The van der Waals surface area contributed by atoms with Crippen LogP contribution in [0.4, 0.5) is 0 Å². The van der Waals surface area contributed by atoms with Gasteiger partial charge in [-0.05, 0) is 20.3 Å². The highest BCUT2D eigenvalue weighted by molar-refractivity contribution is 4.81. The summed E-state index contributed by atoms with van der Waals surface area (Å²) in [4.78, 5) is 10.3. The highest BCUT2D eigenvalue weighted by atomic mass is 16.6. The molecule has 0 amide bonds. The maximum Gasteiger partial charge on any atom is 0.227 e. The van der Waals surface area contributed by atoms with Gasteiger partial charge in [-0.2, -0.15) is 0 Å². The van der Waals surface area contributed by atoms with E-state index in [0.29, 0.717) is 12.5 Å². The molecule has 1 aliphatic heterocycles. The predicted octanol–water partition coefficient (Wildman–Crippen LogP) is 0.792. The Morgan fingerprint density at radius 3 is 2.55 bits per heavy atom. The van der Waals surface area contributed by atoms with Gasteiger partial charge in [0.25, 0.3) is 0 Å². The van der Waals surface area contributed by atoms with Gasteiger partial charge in [0.2, 0.25) is 6.04 Å². The van der Waals surface area contributed by atoms with Crippen molar-refractivity contribution in [1.29, 1.82) is 0 Å². The minimum absolute atomic E-state index is 0.0220. The molecule has 0 aromatic heterocycles. The second-order valence-electron chi connectivity index (χ2n) is 3.29. The van der Waals surface area contributed by atoms with Gasteiger partial charge in [-0.15, -0.1) is 0 Å². The molecular formula is C7H14N2O2. The molecule has 1 aliphatic rings. The maximum absolute atomic E-state index is 10.4. The third-order valence-electron chi connectivity index (χ3n) is 2.29. The van der Waals surface area contributed by atoms with E-state index in [-0.39, 0.29) is 17.0 Å². The van der Waals surface area contributed by atoms with E-state index in [1.807, 2.05) is 6.92 Å². The molecule has 11 heavy (non-hydrogen) atoms. The maximum atomic E-state index is 10.4. The SMILES string of the molecule is CC1CCC([N+](=O)[O-])C(C)N1. The normalized spacial score (nSPS) is 38.5. The molecule has 0 aromatic carbocycles. The fourth-order valence-electron chi connectivity index (χ4n) is 1.60. The fraction of sp³-hybridized carbons (Fsp3) is 1.00. The highest BCUT2D eigenvalue weighted by Gasteiger charge is 2.32. The number of nitro groups is 1. The molecule has 0 aliphatic carbocycles. The van der Waals surface area contributed by atoms with E-state index in [2.05, 4.69) is 12.2 Å². The quantitative estimate of drug-likeness (QED) is 0.453. The lowest BCUT2D eigenvalue weighted by Gasteiger charge is -2.28. The molecular weight excluding hydrogens is 144 g/mol. The van der Waals surface area contributed by atoms with Crippen molar-refractivity contribution < 1.29 is 4.92 Å². The topological polar surface area (TPSA) is 55.2 Å². The Kier molecular flexibility index (Phi) is 2.44. The lowest BCUT2D eigenvalue weighted by molar-refractivity contribution is -0.529. The molecule has 1 rings (SSSR count). The molecule has 0 radical (unpaired) electrons. The first-order valence-electron chi connectivity index (χ1n) is 4.01. The summed E-state index contributed by atoms with van der Waals surface area (Å²) in [6.07, 6.45) is 1.62. The zero-order valence-corrected chi connectivity index (χ0v) is 6.91. The first kappa shape index (κ1) is 8.46. The zero-order valence-electron chi connectivity index (χ0n) is 6.91. The first-order valence-corrected chi connectivity index (χ1v) is 4.01. The number of hydrogen-bond acceptors (Lipinski definition) is 3. The van der Waals surface area contributed by atoms with Crippen molar-refractivity contribution in [2.24, 2.45) is 0 Å². The van der Waals surface area contributed by atoms with E-state index in [1.165, 1.54) is 0 Å². The number of piperidine rings is 1. The summed E-state index contributed by atoms with van der Waals surface area (Å²) in [5.74, 6) is 0. The molecule has 3 atom stereocenters. The van der Waals surface area contributed by atoms with Crippen molar-refractivity contribution in [3.63, 3.8) is 0 Å². The van der Waals surface area contributed by atoms with E-state index in [1.54, 1.807) is 0 Å². The molecule has 0 bridgehead atoms. The Morgan fingerprint density at radius 2 is 2.09 bits per heavy atom. The van der Waals surface area contributed by atoms with E-state index in [9.17, 15) is 10.1 Å². The van der Waals surface area contributed by atoms with Crippen LogP contribution in [0.5, 0.6) is 0 Å². The van der Waals surface area contributed by atoms with Gasteiger partial charge < -0.3 is 5.32 Å². The second-order valence-corrected chi connectivity index (χ2v) is 3.29. The van der Waals surface area contributed by atoms with Crippen LogP contribution in [0.3, 0.4) is 0 Å². The average molecular weight is 158 g/mol. The van der Waals surface area contributed by atoms with Gasteiger partial charge in [0.05, 0.1) is 6.04 Å². The molecule has 1 N–H and O–H groups in total. The molecule has 1 heterocycles. The third-order valence-corrected chi connectivity index (χ3v) is 2.29. The molecule has 4 heteroatoms. The minimum Gasteiger partial charge on any atom is -0.306 e. The smallest absolute Gasteiger partial charge is 0.227 e. The lowest BCUT2D eigenvalue weighted by atomic mass is 9.96. The van der Waals surface area contributed by atoms with Crippen LogP contribution in [0.2, 0.25) is 0 Å². The van der Waals surface area contributed by atoms with Gasteiger partial charge >= 0.3 is 0 Å². The van der Waals surface area contributed by atoms with Crippen LogP contribution in [0, 0.1) is 10.1 Å². The minimum atomic E-state index is -0.383. The molecule has 0 spiro atoms. The van der Waals surface area contributed by atoms with Crippen molar-refractivity contribution in [1.82, 2.24) is 5.32 Å². The van der Waals surface area contributed by atoms with Crippen molar-refractivity contribution in [2.75, 3.05) is 0 Å². The van der Waals surface area contributed by atoms with Crippen LogP contribution in [-0.4, -0.2) is 23.0 Å². The standard InChI is InChI=1S/C7H14N2O2/c1-5-3-4-7(9(10)11)6(2)8-5/h5-8H,3-4H2,1-2H3. The fourth-order valence-corrected chi connectivity index (χ4v) is 1.60. The Labute approximate surface area is 66.1 Å². The summed E-state index contributed by atoms with van der Waals surface area (Å²) in [5, 5.41) is 13.6. The van der Waals surface area contributed by atoms with Crippen molar-refractivity contribution >= 4 is 0 Å². The number of rotatable bonds is 1. The van der Waals surface area contributed by atoms with Crippen molar-refractivity contribution in [3.8, 4) is 0 Å². The van der Waals surface area contributed by atoms with Crippen LogP contribution in [0.1, 0.15) is 26.7 Å². The van der Waals surface area contributed by atoms with Gasteiger partial charge in [0.15, 0.2) is 0 Å². The summed E-state index contributed by atoms with van der Waals surface area (Å²) in [5.41, 5.74) is 0. The van der Waals surface area contributed by atoms with Crippen LogP contribution < -0.4 is 5.32 Å². The molecule has 4 nitrogen and oxygen atoms in total. The number of nitrogens with zero attached hydrogens (tertiary/aromatic N) is 1. The van der Waals surface area contributed by atoms with Crippen molar-refractivity contribution in [2.45, 2.75) is 44.8 Å². The van der Waals surface area contributed by atoms with E-state index in [0.717, 1.165) is 6.42 Å². The van der Waals surface area contributed by atoms with Gasteiger partial charge in [-0.25, -0.2) is 0 Å². The molecule has 0 aromatic rings.